The average Bonchev–Trinajstić information content (AvgIpc) is 2.48. The Morgan fingerprint density at radius 2 is 1.16 bits per heavy atom. The monoisotopic (exact) mass is 262 g/mol. The molecule has 96 valence electrons. The third-order valence-corrected chi connectivity index (χ3v) is 2.73. The maximum absolute atomic E-state index is 3.72. The zero-order valence-corrected chi connectivity index (χ0v) is 14.3. The molecule has 1 heteroatoms. The van der Waals surface area contributed by atoms with E-state index in [0.29, 0.717) is 0 Å². The van der Waals surface area contributed by atoms with Crippen LogP contribution in [0.5, 0.6) is 0 Å². The Labute approximate surface area is 140 Å². The van der Waals surface area contributed by atoms with Crippen LogP contribution >= 0.6 is 0 Å². The fourth-order valence-corrected chi connectivity index (χ4v) is 1.69. The molecule has 0 fully saturated rings. The Morgan fingerprint density at radius 3 is 1.42 bits per heavy atom. The summed E-state index contributed by atoms with van der Waals surface area (Å²) in [5.74, 6) is 0. The second-order valence-electron chi connectivity index (χ2n) is 4.29. The van der Waals surface area contributed by atoms with Crippen LogP contribution in [-0.4, -0.2) is 0 Å². The van der Waals surface area contributed by atoms with Gasteiger partial charge in [-0.05, 0) is 11.1 Å². The van der Waals surface area contributed by atoms with Gasteiger partial charge in [-0.1, -0.05) is 86.8 Å². The fourth-order valence-electron chi connectivity index (χ4n) is 1.69. The number of rotatable bonds is 4. The van der Waals surface area contributed by atoms with Crippen LogP contribution in [0.1, 0.15) is 32.6 Å². The Bertz CT molecular complexity index is 353. The maximum Gasteiger partial charge on any atom is 1.00 e. The minimum Gasteiger partial charge on any atom is -0.343 e. The van der Waals surface area contributed by atoms with Crippen molar-refractivity contribution in [2.45, 2.75) is 32.6 Å². The van der Waals surface area contributed by atoms with Gasteiger partial charge in [-0.25, -0.2) is 0 Å². The first-order valence-corrected chi connectivity index (χ1v) is 6.78. The van der Waals surface area contributed by atoms with Crippen LogP contribution in [0.25, 0.3) is 11.1 Å². The van der Waals surface area contributed by atoms with E-state index < -0.39 is 0 Å². The molecule has 0 spiro atoms. The summed E-state index contributed by atoms with van der Waals surface area (Å²) < 4.78 is 0. The van der Waals surface area contributed by atoms with Gasteiger partial charge in [0.25, 0.3) is 0 Å². The summed E-state index contributed by atoms with van der Waals surface area (Å²) in [7, 11) is 0. The molecule has 0 bridgehead atoms. The Kier molecular flexibility index (Phi) is 12.1. The van der Waals surface area contributed by atoms with Crippen molar-refractivity contribution < 1.29 is 29.6 Å². The van der Waals surface area contributed by atoms with Gasteiger partial charge in [0.15, 0.2) is 0 Å². The summed E-state index contributed by atoms with van der Waals surface area (Å²) in [5.41, 5.74) is 2.55. The molecule has 0 aliphatic rings. The first-order valence-electron chi connectivity index (χ1n) is 6.78. The van der Waals surface area contributed by atoms with Gasteiger partial charge in [0.1, 0.15) is 0 Å². The summed E-state index contributed by atoms with van der Waals surface area (Å²) in [4.78, 5) is 0. The van der Waals surface area contributed by atoms with E-state index in [1.165, 1.54) is 30.4 Å². The Hall–Kier alpha value is -0.560. The molecule has 2 aromatic carbocycles. The van der Waals surface area contributed by atoms with Crippen LogP contribution in [-0.2, 0) is 0 Å². The summed E-state index contributed by atoms with van der Waals surface area (Å²) in [5, 5.41) is 0. The van der Waals surface area contributed by atoms with E-state index in [-0.39, 0.29) is 29.6 Å². The molecule has 0 aromatic heterocycles. The molecule has 0 amide bonds. The van der Waals surface area contributed by atoms with Gasteiger partial charge < -0.3 is 6.92 Å². The molecule has 0 aliphatic heterocycles. The van der Waals surface area contributed by atoms with E-state index in [0.717, 1.165) is 6.42 Å². The topological polar surface area (TPSA) is 0 Å². The van der Waals surface area contributed by atoms with E-state index in [2.05, 4.69) is 62.4 Å². The van der Waals surface area contributed by atoms with Crippen LogP contribution in [0.3, 0.4) is 0 Å². The minimum atomic E-state index is 0. The minimum absolute atomic E-state index is 0. The van der Waals surface area contributed by atoms with Crippen LogP contribution in [0.2, 0.25) is 0 Å². The molecular formula is C18H23Na. The number of unbranched alkanes of at least 4 members (excludes halogenated alkanes) is 3. The van der Waals surface area contributed by atoms with Crippen molar-refractivity contribution in [3.05, 3.63) is 67.6 Å². The van der Waals surface area contributed by atoms with Crippen molar-refractivity contribution in [3.8, 4) is 11.1 Å². The van der Waals surface area contributed by atoms with Gasteiger partial charge >= 0.3 is 29.6 Å². The second kappa shape index (κ2) is 12.5. The quantitative estimate of drug-likeness (QED) is 0.451. The molecule has 0 N–H and O–H groups in total. The maximum atomic E-state index is 3.72. The van der Waals surface area contributed by atoms with E-state index in [1.807, 2.05) is 12.1 Å². The van der Waals surface area contributed by atoms with Crippen molar-refractivity contribution in [1.82, 2.24) is 0 Å². The summed E-state index contributed by atoms with van der Waals surface area (Å²) >= 11 is 0. The van der Waals surface area contributed by atoms with Crippen LogP contribution < -0.4 is 29.6 Å². The molecule has 0 unspecified atom stereocenters. The molecular weight excluding hydrogens is 239 g/mol. The average molecular weight is 262 g/mol. The van der Waals surface area contributed by atoms with E-state index in [9.17, 15) is 0 Å². The van der Waals surface area contributed by atoms with Crippen LogP contribution in [0, 0.1) is 6.92 Å². The van der Waals surface area contributed by atoms with Gasteiger partial charge in [-0.2, -0.15) is 6.42 Å². The number of benzene rings is 2. The standard InChI is InChI=1S/C12H10.C6H13.Na/c1-3-7-11(8-4-1)12-9-5-2-6-10-12;1-3-5-6-4-2;/h1-10H;1,3-6H2,2H3;/q;-1;+1. The zero-order chi connectivity index (χ0) is 13.1. The Balaban J connectivity index is 0.000000404. The largest absolute Gasteiger partial charge is 1.00 e. The SMILES string of the molecule is [CH2-]CCCCC.[Na+].c1ccc(-c2ccccc2)cc1. The molecule has 2 rings (SSSR count). The van der Waals surface area contributed by atoms with Crippen molar-refractivity contribution in [3.63, 3.8) is 0 Å². The molecule has 0 saturated carbocycles. The van der Waals surface area contributed by atoms with Gasteiger partial charge in [-0.15, -0.1) is 0 Å². The molecule has 0 nitrogen and oxygen atoms in total. The zero-order valence-electron chi connectivity index (χ0n) is 12.3. The third-order valence-electron chi connectivity index (χ3n) is 2.73. The molecule has 2 aromatic rings. The van der Waals surface area contributed by atoms with Crippen molar-refractivity contribution in [2.75, 3.05) is 0 Å². The predicted octanol–water partition coefficient (Wildman–Crippen LogP) is 2.76. The fraction of sp³-hybridized carbons (Fsp3) is 0.278. The van der Waals surface area contributed by atoms with Crippen LogP contribution in [0.4, 0.5) is 0 Å². The van der Waals surface area contributed by atoms with E-state index >= 15 is 0 Å². The molecule has 0 radical (unpaired) electrons. The molecule has 0 saturated heterocycles. The summed E-state index contributed by atoms with van der Waals surface area (Å²) in [6, 6.07) is 20.8. The normalized spacial score (nSPS) is 8.95. The third kappa shape index (κ3) is 8.26. The molecule has 0 aliphatic carbocycles. The number of hydrogen-bond donors (Lipinski definition) is 0. The van der Waals surface area contributed by atoms with Crippen LogP contribution in [0.15, 0.2) is 60.7 Å². The van der Waals surface area contributed by atoms with Crippen molar-refractivity contribution >= 4 is 0 Å². The molecule has 19 heavy (non-hydrogen) atoms. The smallest absolute Gasteiger partial charge is 0.343 e. The molecule has 0 heterocycles. The Morgan fingerprint density at radius 1 is 0.737 bits per heavy atom. The first kappa shape index (κ1) is 18.4. The first-order chi connectivity index (χ1) is 8.88. The van der Waals surface area contributed by atoms with Crippen molar-refractivity contribution in [1.29, 1.82) is 0 Å². The van der Waals surface area contributed by atoms with Crippen molar-refractivity contribution in [2.24, 2.45) is 0 Å². The van der Waals surface area contributed by atoms with Gasteiger partial charge in [0.2, 0.25) is 0 Å². The van der Waals surface area contributed by atoms with Gasteiger partial charge in [0, 0.05) is 0 Å². The predicted molar refractivity (Wildman–Crippen MR) is 81.4 cm³/mol. The number of hydrogen-bond acceptors (Lipinski definition) is 0. The van der Waals surface area contributed by atoms with E-state index in [1.54, 1.807) is 0 Å². The second-order valence-corrected chi connectivity index (χ2v) is 4.29. The van der Waals surface area contributed by atoms with Gasteiger partial charge in [-0.3, -0.25) is 0 Å². The molecule has 0 atom stereocenters. The van der Waals surface area contributed by atoms with E-state index in [4.69, 9.17) is 0 Å². The van der Waals surface area contributed by atoms with Gasteiger partial charge in [0.05, 0.1) is 0 Å². The summed E-state index contributed by atoms with van der Waals surface area (Å²) in [6.45, 7) is 5.93. The summed E-state index contributed by atoms with van der Waals surface area (Å²) in [6.07, 6.45) is 5.07.